The molecule has 1 aliphatic rings. The molecule has 4 rings (SSSR count). The summed E-state index contributed by atoms with van der Waals surface area (Å²) < 4.78 is 7.87. The zero-order chi connectivity index (χ0) is 22.3. The second-order valence-corrected chi connectivity index (χ2v) is 9.11. The van der Waals surface area contributed by atoms with Crippen molar-refractivity contribution in [2.45, 2.75) is 39.8 Å². The third kappa shape index (κ3) is 4.20. The Kier molecular flexibility index (Phi) is 5.35. The van der Waals surface area contributed by atoms with E-state index < -0.39 is 5.60 Å². The van der Waals surface area contributed by atoms with Crippen LogP contribution in [0.5, 0.6) is 5.88 Å². The Balaban J connectivity index is 1.71. The van der Waals surface area contributed by atoms with E-state index in [0.29, 0.717) is 23.2 Å². The Morgan fingerprint density at radius 1 is 1.29 bits per heavy atom. The number of nitrogens with two attached hydrogens (primary N) is 1. The van der Waals surface area contributed by atoms with Crippen molar-refractivity contribution in [2.24, 2.45) is 5.92 Å². The molecule has 0 radical (unpaired) electrons. The molecule has 162 valence electrons. The fraction of sp³-hybridized carbons (Fsp3) is 0.364. The van der Waals surface area contributed by atoms with Gasteiger partial charge in [0, 0.05) is 29.6 Å². The predicted octanol–water partition coefficient (Wildman–Crippen LogP) is 4.05. The molecule has 0 aliphatic carbocycles. The second kappa shape index (κ2) is 7.85. The SMILES string of the molecule is CC(C)Cn1cc(-c2ccc(N3CC(C)(C)Oc4ncnc(N)c4C3=O)cc2Cl)cn1. The van der Waals surface area contributed by atoms with Crippen LogP contribution in [0.3, 0.4) is 0 Å². The molecule has 3 aromatic rings. The summed E-state index contributed by atoms with van der Waals surface area (Å²) in [5.41, 5.74) is 7.86. The molecule has 1 aromatic carbocycles. The molecular weight excluding hydrogens is 416 g/mol. The van der Waals surface area contributed by atoms with Gasteiger partial charge in [-0.2, -0.15) is 5.10 Å². The summed E-state index contributed by atoms with van der Waals surface area (Å²) in [5, 5.41) is 4.94. The number of ether oxygens (including phenoxy) is 1. The van der Waals surface area contributed by atoms with Crippen LogP contribution < -0.4 is 15.4 Å². The van der Waals surface area contributed by atoms with E-state index in [0.717, 1.165) is 17.7 Å². The minimum absolute atomic E-state index is 0.0815. The molecule has 0 fully saturated rings. The van der Waals surface area contributed by atoms with Crippen molar-refractivity contribution >= 4 is 29.0 Å². The molecule has 2 N–H and O–H groups in total. The fourth-order valence-electron chi connectivity index (χ4n) is 3.63. The Labute approximate surface area is 186 Å². The molecule has 8 nitrogen and oxygen atoms in total. The molecule has 0 saturated heterocycles. The van der Waals surface area contributed by atoms with Crippen molar-refractivity contribution in [1.82, 2.24) is 19.7 Å². The number of hydrogen-bond donors (Lipinski definition) is 1. The number of fused-ring (bicyclic) bond motifs is 1. The molecule has 31 heavy (non-hydrogen) atoms. The van der Waals surface area contributed by atoms with E-state index in [4.69, 9.17) is 22.1 Å². The van der Waals surface area contributed by atoms with Crippen LogP contribution in [0.25, 0.3) is 11.1 Å². The molecule has 9 heteroatoms. The van der Waals surface area contributed by atoms with Crippen molar-refractivity contribution in [1.29, 1.82) is 0 Å². The Hall–Kier alpha value is -3.13. The number of aromatic nitrogens is 4. The Morgan fingerprint density at radius 2 is 2.06 bits per heavy atom. The third-order valence-corrected chi connectivity index (χ3v) is 5.29. The number of carbonyl (C=O) groups is 1. The average Bonchev–Trinajstić information content (AvgIpc) is 3.08. The van der Waals surface area contributed by atoms with Crippen LogP contribution in [0.4, 0.5) is 11.5 Å². The monoisotopic (exact) mass is 440 g/mol. The molecule has 0 atom stereocenters. The maximum Gasteiger partial charge on any atom is 0.267 e. The number of anilines is 2. The first kappa shape index (κ1) is 21.1. The number of amides is 1. The van der Waals surface area contributed by atoms with Crippen LogP contribution in [-0.2, 0) is 6.54 Å². The Morgan fingerprint density at radius 3 is 2.77 bits per heavy atom. The van der Waals surface area contributed by atoms with Gasteiger partial charge in [-0.05, 0) is 31.9 Å². The molecular formula is C22H25ClN6O2. The summed E-state index contributed by atoms with van der Waals surface area (Å²) in [4.78, 5) is 23.0. The van der Waals surface area contributed by atoms with Gasteiger partial charge in [0.25, 0.3) is 5.91 Å². The van der Waals surface area contributed by atoms with E-state index >= 15 is 0 Å². The van der Waals surface area contributed by atoms with Gasteiger partial charge in [-0.25, -0.2) is 9.97 Å². The van der Waals surface area contributed by atoms with E-state index in [1.807, 2.05) is 36.9 Å². The molecule has 1 aliphatic heterocycles. The first-order valence-electron chi connectivity index (χ1n) is 10.1. The molecule has 1 amide bonds. The highest BCUT2D eigenvalue weighted by Gasteiger charge is 2.37. The molecule has 0 saturated carbocycles. The van der Waals surface area contributed by atoms with Gasteiger partial charge >= 0.3 is 0 Å². The average molecular weight is 441 g/mol. The van der Waals surface area contributed by atoms with Gasteiger partial charge in [0.05, 0.1) is 17.8 Å². The minimum Gasteiger partial charge on any atom is -0.469 e. The molecule has 3 heterocycles. The number of nitrogens with zero attached hydrogens (tertiary/aromatic N) is 5. The van der Waals surface area contributed by atoms with Crippen LogP contribution in [0.2, 0.25) is 5.02 Å². The first-order valence-corrected chi connectivity index (χ1v) is 10.5. The molecule has 0 bridgehead atoms. The summed E-state index contributed by atoms with van der Waals surface area (Å²) in [6.45, 7) is 9.18. The van der Waals surface area contributed by atoms with Crippen molar-refractivity contribution in [3.8, 4) is 17.0 Å². The number of carbonyl (C=O) groups excluding carboxylic acids is 1. The van der Waals surface area contributed by atoms with Gasteiger partial charge < -0.3 is 15.4 Å². The highest BCUT2D eigenvalue weighted by Crippen LogP contribution is 2.36. The summed E-state index contributed by atoms with van der Waals surface area (Å²) in [6, 6.07) is 5.53. The first-order chi connectivity index (χ1) is 14.6. The van der Waals surface area contributed by atoms with Gasteiger partial charge in [0.2, 0.25) is 5.88 Å². The van der Waals surface area contributed by atoms with Crippen LogP contribution in [0, 0.1) is 5.92 Å². The largest absolute Gasteiger partial charge is 0.469 e. The lowest BCUT2D eigenvalue weighted by molar-refractivity contribution is 0.0962. The van der Waals surface area contributed by atoms with Crippen molar-refractivity contribution in [3.63, 3.8) is 0 Å². The van der Waals surface area contributed by atoms with Crippen molar-refractivity contribution in [3.05, 3.63) is 47.5 Å². The van der Waals surface area contributed by atoms with Gasteiger partial charge in [-0.15, -0.1) is 0 Å². The predicted molar refractivity (Wildman–Crippen MR) is 120 cm³/mol. The fourth-order valence-corrected chi connectivity index (χ4v) is 3.92. The summed E-state index contributed by atoms with van der Waals surface area (Å²) in [7, 11) is 0. The Bertz CT molecular complexity index is 1140. The van der Waals surface area contributed by atoms with Gasteiger partial charge in [-0.3, -0.25) is 9.48 Å². The zero-order valence-corrected chi connectivity index (χ0v) is 18.7. The van der Waals surface area contributed by atoms with Gasteiger partial charge in [0.1, 0.15) is 23.3 Å². The number of halogens is 1. The smallest absolute Gasteiger partial charge is 0.267 e. The maximum atomic E-state index is 13.3. The number of nitrogen functional groups attached to an aromatic ring is 1. The summed E-state index contributed by atoms with van der Waals surface area (Å²) >= 11 is 6.63. The normalized spacial score (nSPS) is 15.5. The minimum atomic E-state index is -0.690. The highest BCUT2D eigenvalue weighted by atomic mass is 35.5. The van der Waals surface area contributed by atoms with Crippen LogP contribution in [0.15, 0.2) is 36.9 Å². The van der Waals surface area contributed by atoms with Crippen molar-refractivity contribution < 1.29 is 9.53 Å². The van der Waals surface area contributed by atoms with Crippen LogP contribution >= 0.6 is 11.6 Å². The van der Waals surface area contributed by atoms with E-state index in [9.17, 15) is 4.79 Å². The van der Waals surface area contributed by atoms with Gasteiger partial charge in [-0.1, -0.05) is 31.5 Å². The van der Waals surface area contributed by atoms with E-state index in [1.54, 1.807) is 17.2 Å². The van der Waals surface area contributed by atoms with Crippen LogP contribution in [0.1, 0.15) is 38.1 Å². The highest BCUT2D eigenvalue weighted by molar-refractivity contribution is 6.33. The van der Waals surface area contributed by atoms with Crippen molar-refractivity contribution in [2.75, 3.05) is 17.2 Å². The quantitative estimate of drug-likeness (QED) is 0.657. The molecule has 0 unspecified atom stereocenters. The lowest BCUT2D eigenvalue weighted by Gasteiger charge is -2.29. The lowest BCUT2D eigenvalue weighted by atomic mass is 10.1. The number of rotatable bonds is 4. The summed E-state index contributed by atoms with van der Waals surface area (Å²) in [5.74, 6) is 0.431. The lowest BCUT2D eigenvalue weighted by Crippen LogP contribution is -2.43. The van der Waals surface area contributed by atoms with E-state index in [2.05, 4.69) is 28.9 Å². The summed E-state index contributed by atoms with van der Waals surface area (Å²) in [6.07, 6.45) is 5.06. The number of hydrogen-bond acceptors (Lipinski definition) is 6. The third-order valence-electron chi connectivity index (χ3n) is 4.97. The van der Waals surface area contributed by atoms with E-state index in [1.165, 1.54) is 6.33 Å². The second-order valence-electron chi connectivity index (χ2n) is 8.70. The molecule has 2 aromatic heterocycles. The topological polar surface area (TPSA) is 99.2 Å². The number of benzene rings is 1. The molecule has 0 spiro atoms. The zero-order valence-electron chi connectivity index (χ0n) is 18.0. The standard InChI is InChI=1S/C22H25ClN6O2/c1-13(2)9-28-10-14(8-27-28)16-6-5-15(7-17(16)23)29-11-22(3,4)31-20-18(21(29)30)19(24)25-12-26-20/h5-8,10,12-13H,9,11H2,1-4H3,(H2,24,25,26). The van der Waals surface area contributed by atoms with Gasteiger partial charge in [0.15, 0.2) is 0 Å². The van der Waals surface area contributed by atoms with E-state index in [-0.39, 0.29) is 23.2 Å². The maximum absolute atomic E-state index is 13.3. The van der Waals surface area contributed by atoms with Crippen LogP contribution in [-0.4, -0.2) is 37.8 Å².